The molecule has 3 aromatic rings. The number of unbranched alkanes of at least 4 members (excludes halogenated alkanes) is 4. The van der Waals surface area contributed by atoms with Gasteiger partial charge in [0.2, 0.25) is 0 Å². The van der Waals surface area contributed by atoms with E-state index in [4.69, 9.17) is 14.6 Å². The Balaban J connectivity index is 1.60. The first-order valence-electron chi connectivity index (χ1n) is 10.3. The maximum Gasteiger partial charge on any atom is 0.343 e. The molecule has 0 spiro atoms. The van der Waals surface area contributed by atoms with Gasteiger partial charge in [-0.05, 0) is 65.7 Å². The summed E-state index contributed by atoms with van der Waals surface area (Å²) in [6, 6.07) is 16.9. The van der Waals surface area contributed by atoms with Crippen LogP contribution in [0.25, 0.3) is 10.8 Å². The number of ether oxygens (including phenoxy) is 2. The lowest BCUT2D eigenvalue weighted by Crippen LogP contribution is -2.08. The number of hydrogen-bond acceptors (Lipinski definition) is 4. The van der Waals surface area contributed by atoms with Crippen LogP contribution in [-0.4, -0.2) is 23.7 Å². The third-order valence-electron chi connectivity index (χ3n) is 4.88. The topological polar surface area (TPSA) is 72.8 Å². The largest absolute Gasteiger partial charge is 0.494 e. The molecule has 1 N–H and O–H groups in total. The summed E-state index contributed by atoms with van der Waals surface area (Å²) in [5.74, 6) is -0.394. The predicted octanol–water partition coefficient (Wildman–Crippen LogP) is 6.11. The Bertz CT molecular complexity index is 1010. The van der Waals surface area contributed by atoms with Gasteiger partial charge in [-0.25, -0.2) is 9.59 Å². The number of esters is 1. The summed E-state index contributed by atoms with van der Waals surface area (Å²) in [6.07, 6.45) is 5.99. The number of hydrogen-bond donors (Lipinski definition) is 1. The van der Waals surface area contributed by atoms with Crippen LogP contribution in [0, 0.1) is 0 Å². The first kappa shape index (κ1) is 21.4. The van der Waals surface area contributed by atoms with Crippen LogP contribution in [0.15, 0.2) is 60.7 Å². The van der Waals surface area contributed by atoms with E-state index in [1.54, 1.807) is 12.1 Å². The normalized spacial score (nSPS) is 10.7. The van der Waals surface area contributed by atoms with Crippen molar-refractivity contribution in [1.29, 1.82) is 0 Å². The molecule has 3 rings (SSSR count). The summed E-state index contributed by atoms with van der Waals surface area (Å²) < 4.78 is 11.2. The molecule has 5 heteroatoms. The molecule has 0 atom stereocenters. The van der Waals surface area contributed by atoms with Crippen molar-refractivity contribution in [3.8, 4) is 11.5 Å². The third-order valence-corrected chi connectivity index (χ3v) is 4.88. The molecule has 0 radical (unpaired) electrons. The number of benzene rings is 3. The molecule has 5 nitrogen and oxygen atoms in total. The van der Waals surface area contributed by atoms with E-state index in [0.29, 0.717) is 17.9 Å². The van der Waals surface area contributed by atoms with Gasteiger partial charge in [0.05, 0.1) is 17.7 Å². The van der Waals surface area contributed by atoms with Crippen molar-refractivity contribution in [2.24, 2.45) is 0 Å². The molecule has 3 aromatic carbocycles. The highest BCUT2D eigenvalue weighted by Crippen LogP contribution is 2.23. The number of aromatic carboxylic acids is 1. The van der Waals surface area contributed by atoms with E-state index in [9.17, 15) is 9.59 Å². The van der Waals surface area contributed by atoms with Crippen molar-refractivity contribution in [3.05, 3.63) is 71.8 Å². The molecular formula is C25H26O5. The van der Waals surface area contributed by atoms with Crippen LogP contribution in [0.4, 0.5) is 0 Å². The Labute approximate surface area is 176 Å². The minimum atomic E-state index is -1.03. The number of carboxylic acids is 1. The molecule has 30 heavy (non-hydrogen) atoms. The van der Waals surface area contributed by atoms with Crippen molar-refractivity contribution in [2.75, 3.05) is 6.61 Å². The van der Waals surface area contributed by atoms with Crippen LogP contribution in [0.1, 0.15) is 59.7 Å². The summed E-state index contributed by atoms with van der Waals surface area (Å²) in [7, 11) is 0. The Morgan fingerprint density at radius 3 is 2.13 bits per heavy atom. The van der Waals surface area contributed by atoms with Gasteiger partial charge in [0.25, 0.3) is 0 Å². The molecule has 0 aliphatic rings. The van der Waals surface area contributed by atoms with Gasteiger partial charge < -0.3 is 14.6 Å². The van der Waals surface area contributed by atoms with Crippen LogP contribution in [0.5, 0.6) is 11.5 Å². The zero-order chi connectivity index (χ0) is 21.3. The second kappa shape index (κ2) is 10.4. The first-order chi connectivity index (χ1) is 14.6. The lowest BCUT2D eigenvalue weighted by atomic mass is 10.1. The Hall–Kier alpha value is -3.34. The number of carbonyl (C=O) groups excluding carboxylic acids is 1. The van der Waals surface area contributed by atoms with E-state index < -0.39 is 11.9 Å². The van der Waals surface area contributed by atoms with E-state index in [0.717, 1.165) is 22.9 Å². The van der Waals surface area contributed by atoms with Crippen LogP contribution < -0.4 is 9.47 Å². The SMILES string of the molecule is CCCCCCCOc1ccc2cc(C(=O)Oc3ccc(C(=O)O)cc3)ccc2c1. The van der Waals surface area contributed by atoms with Crippen LogP contribution in [0.3, 0.4) is 0 Å². The number of rotatable bonds is 10. The fourth-order valence-corrected chi connectivity index (χ4v) is 3.17. The lowest BCUT2D eigenvalue weighted by Gasteiger charge is -2.09. The Kier molecular flexibility index (Phi) is 7.44. The molecule has 0 aliphatic heterocycles. The Morgan fingerprint density at radius 2 is 1.40 bits per heavy atom. The van der Waals surface area contributed by atoms with Crippen LogP contribution in [-0.2, 0) is 0 Å². The lowest BCUT2D eigenvalue weighted by molar-refractivity contribution is 0.0696. The monoisotopic (exact) mass is 406 g/mol. The first-order valence-corrected chi connectivity index (χ1v) is 10.3. The molecule has 0 unspecified atom stereocenters. The van der Waals surface area contributed by atoms with Crippen molar-refractivity contribution < 1.29 is 24.2 Å². The maximum absolute atomic E-state index is 12.4. The summed E-state index contributed by atoms with van der Waals surface area (Å²) in [5.41, 5.74) is 0.564. The fraction of sp³-hybridized carbons (Fsp3) is 0.280. The number of carboxylic acid groups (broad SMARTS) is 1. The van der Waals surface area contributed by atoms with Crippen LogP contribution in [0.2, 0.25) is 0 Å². The second-order valence-corrected chi connectivity index (χ2v) is 7.21. The van der Waals surface area contributed by atoms with Crippen molar-refractivity contribution in [1.82, 2.24) is 0 Å². The second-order valence-electron chi connectivity index (χ2n) is 7.21. The number of fused-ring (bicyclic) bond motifs is 1. The van der Waals surface area contributed by atoms with E-state index in [-0.39, 0.29) is 5.56 Å². The third kappa shape index (κ3) is 5.83. The predicted molar refractivity (Wildman–Crippen MR) is 117 cm³/mol. The Morgan fingerprint density at radius 1 is 0.767 bits per heavy atom. The molecule has 0 aromatic heterocycles. The van der Waals surface area contributed by atoms with Gasteiger partial charge in [0.15, 0.2) is 0 Å². The molecule has 0 saturated carbocycles. The minimum Gasteiger partial charge on any atom is -0.494 e. The maximum atomic E-state index is 12.4. The van der Waals surface area contributed by atoms with Gasteiger partial charge in [0.1, 0.15) is 11.5 Å². The average molecular weight is 406 g/mol. The molecule has 0 amide bonds. The molecule has 156 valence electrons. The van der Waals surface area contributed by atoms with Crippen molar-refractivity contribution >= 4 is 22.7 Å². The molecule has 0 saturated heterocycles. The van der Waals surface area contributed by atoms with E-state index in [2.05, 4.69) is 6.92 Å². The standard InChI is InChI=1S/C25H26O5/c1-2-3-4-5-6-15-29-23-14-11-19-16-21(8-7-20(19)17-23)25(28)30-22-12-9-18(10-13-22)24(26)27/h7-14,16-17H,2-6,15H2,1H3,(H,26,27). The highest BCUT2D eigenvalue weighted by atomic mass is 16.5. The van der Waals surface area contributed by atoms with Gasteiger partial charge in [-0.2, -0.15) is 0 Å². The highest BCUT2D eigenvalue weighted by molar-refractivity contribution is 5.96. The quantitative estimate of drug-likeness (QED) is 0.250. The fourth-order valence-electron chi connectivity index (χ4n) is 3.17. The minimum absolute atomic E-state index is 0.138. The smallest absolute Gasteiger partial charge is 0.343 e. The zero-order valence-corrected chi connectivity index (χ0v) is 17.1. The summed E-state index contributed by atoms with van der Waals surface area (Å²) in [6.45, 7) is 2.91. The molecular weight excluding hydrogens is 380 g/mol. The zero-order valence-electron chi connectivity index (χ0n) is 17.1. The summed E-state index contributed by atoms with van der Waals surface area (Å²) in [4.78, 5) is 23.3. The summed E-state index contributed by atoms with van der Waals surface area (Å²) in [5, 5.41) is 10.8. The van der Waals surface area contributed by atoms with Crippen LogP contribution >= 0.6 is 0 Å². The van der Waals surface area contributed by atoms with Crippen molar-refractivity contribution in [2.45, 2.75) is 39.0 Å². The highest BCUT2D eigenvalue weighted by Gasteiger charge is 2.11. The summed E-state index contributed by atoms with van der Waals surface area (Å²) >= 11 is 0. The van der Waals surface area contributed by atoms with Gasteiger partial charge in [-0.1, -0.05) is 44.7 Å². The van der Waals surface area contributed by atoms with Gasteiger partial charge in [-0.3, -0.25) is 0 Å². The molecule has 0 bridgehead atoms. The van der Waals surface area contributed by atoms with E-state index in [1.165, 1.54) is 49.9 Å². The molecule has 0 heterocycles. The van der Waals surface area contributed by atoms with Gasteiger partial charge >= 0.3 is 11.9 Å². The number of carbonyl (C=O) groups is 2. The van der Waals surface area contributed by atoms with Crippen molar-refractivity contribution in [3.63, 3.8) is 0 Å². The average Bonchev–Trinajstić information content (AvgIpc) is 2.76. The molecule has 0 fully saturated rings. The van der Waals surface area contributed by atoms with Gasteiger partial charge in [0, 0.05) is 0 Å². The molecule has 0 aliphatic carbocycles. The van der Waals surface area contributed by atoms with Gasteiger partial charge in [-0.15, -0.1) is 0 Å². The van der Waals surface area contributed by atoms with E-state index >= 15 is 0 Å². The van der Waals surface area contributed by atoms with E-state index in [1.807, 2.05) is 24.3 Å².